The highest BCUT2D eigenvalue weighted by molar-refractivity contribution is 6.07. The van der Waals surface area contributed by atoms with E-state index in [1.807, 2.05) is 30.3 Å². The molecule has 3 N–H and O–H groups in total. The van der Waals surface area contributed by atoms with Crippen molar-refractivity contribution in [2.75, 3.05) is 13.7 Å². The highest BCUT2D eigenvalue weighted by atomic mass is 35.5. The molecule has 1 rings (SSSR count). The molecule has 0 heterocycles. The van der Waals surface area contributed by atoms with Gasteiger partial charge < -0.3 is 5.73 Å². The summed E-state index contributed by atoms with van der Waals surface area (Å²) in [4.78, 5) is 16.5. The largest absolute Gasteiger partial charge is 0.330 e. The molecule has 0 unspecified atom stereocenters. The van der Waals surface area contributed by atoms with Crippen molar-refractivity contribution in [3.8, 4) is 0 Å². The number of carbonyl (C=O) groups is 1. The molecule has 0 saturated carbocycles. The molecule has 0 bridgehead atoms. The van der Waals surface area contributed by atoms with Gasteiger partial charge in [-0.1, -0.05) is 43.2 Å². The predicted octanol–water partition coefficient (Wildman–Crippen LogP) is 2.93. The van der Waals surface area contributed by atoms with E-state index in [0.717, 1.165) is 37.8 Å². The average Bonchev–Trinajstić information content (AvgIpc) is 2.49. The van der Waals surface area contributed by atoms with Crippen LogP contribution in [-0.4, -0.2) is 19.6 Å². The summed E-state index contributed by atoms with van der Waals surface area (Å²) in [6.07, 6.45) is 4.57. The van der Waals surface area contributed by atoms with Gasteiger partial charge in [-0.05, 0) is 24.9 Å². The minimum atomic E-state index is -0.0568. The molecule has 0 radical (unpaired) electrons. The Morgan fingerprint density at radius 3 is 2.43 bits per heavy atom. The molecule has 0 aromatic heterocycles. The van der Waals surface area contributed by atoms with Crippen molar-refractivity contribution in [2.45, 2.75) is 38.7 Å². The Morgan fingerprint density at radius 2 is 1.81 bits per heavy atom. The fourth-order valence-electron chi connectivity index (χ4n) is 1.61. The van der Waals surface area contributed by atoms with Crippen molar-refractivity contribution in [2.24, 2.45) is 5.73 Å². The number of nitrogens with one attached hydrogen (secondary N) is 1. The summed E-state index contributed by atoms with van der Waals surface area (Å²) in [5, 5.41) is 0. The highest BCUT2D eigenvalue weighted by Crippen LogP contribution is 2.02. The summed E-state index contributed by atoms with van der Waals surface area (Å²) >= 11 is 4.50. The first-order chi connectivity index (χ1) is 10.2. The molecular formula is C15H25ClN2O3. The molecule has 0 atom stereocenters. The second-order valence-electron chi connectivity index (χ2n) is 4.41. The van der Waals surface area contributed by atoms with E-state index in [-0.39, 0.29) is 5.91 Å². The van der Waals surface area contributed by atoms with Gasteiger partial charge in [0.15, 0.2) is 0 Å². The Balaban J connectivity index is 0.00000122. The van der Waals surface area contributed by atoms with Gasteiger partial charge in [-0.15, -0.1) is 0 Å². The molecule has 6 heteroatoms. The van der Waals surface area contributed by atoms with Gasteiger partial charge in [0.1, 0.15) is 0 Å². The van der Waals surface area contributed by atoms with Crippen LogP contribution in [0.25, 0.3) is 0 Å². The second-order valence-corrected chi connectivity index (χ2v) is 4.72. The first-order valence-corrected chi connectivity index (χ1v) is 7.34. The summed E-state index contributed by atoms with van der Waals surface area (Å²) in [5.74, 6) is -0.0568. The molecule has 1 aromatic rings. The second kappa shape index (κ2) is 15.3. The third kappa shape index (κ3) is 13.6. The van der Waals surface area contributed by atoms with E-state index >= 15 is 0 Å². The maximum absolute atomic E-state index is 11.4. The number of amides is 1. The molecular weight excluding hydrogens is 292 g/mol. The van der Waals surface area contributed by atoms with Gasteiger partial charge in [0.2, 0.25) is 5.91 Å². The topological polar surface area (TPSA) is 73.6 Å². The van der Waals surface area contributed by atoms with Gasteiger partial charge in [0.05, 0.1) is 25.6 Å². The van der Waals surface area contributed by atoms with Crippen LogP contribution in [0.15, 0.2) is 30.3 Å². The smallest absolute Gasteiger partial charge is 0.243 e. The van der Waals surface area contributed by atoms with Crippen molar-refractivity contribution in [3.05, 3.63) is 35.9 Å². The number of hydrogen-bond acceptors (Lipinski definition) is 4. The van der Waals surface area contributed by atoms with Gasteiger partial charge in [0.25, 0.3) is 0 Å². The summed E-state index contributed by atoms with van der Waals surface area (Å²) < 4.78 is 3.72. The van der Waals surface area contributed by atoms with Crippen LogP contribution in [0.5, 0.6) is 0 Å². The molecule has 21 heavy (non-hydrogen) atoms. The molecule has 0 spiro atoms. The van der Waals surface area contributed by atoms with E-state index in [1.54, 1.807) is 0 Å². The Labute approximate surface area is 131 Å². The number of benzene rings is 1. The number of carbonyl (C=O) groups excluding carboxylic acids is 1. The summed E-state index contributed by atoms with van der Waals surface area (Å²) in [5.41, 5.74) is 8.89. The van der Waals surface area contributed by atoms with Gasteiger partial charge in [-0.25, -0.2) is 5.48 Å². The maximum atomic E-state index is 11.4. The van der Waals surface area contributed by atoms with Gasteiger partial charge in [-0.2, -0.15) is 0 Å². The minimum Gasteiger partial charge on any atom is -0.330 e. The molecule has 0 aliphatic heterocycles. The Morgan fingerprint density at radius 1 is 1.19 bits per heavy atom. The number of halogens is 1. The lowest BCUT2D eigenvalue weighted by molar-refractivity contribution is -0.134. The first kappa shape index (κ1) is 19.9. The van der Waals surface area contributed by atoms with Crippen LogP contribution in [0, 0.1) is 0 Å². The molecule has 0 saturated heterocycles. The van der Waals surface area contributed by atoms with Crippen LogP contribution < -0.4 is 11.2 Å². The lowest BCUT2D eigenvalue weighted by Crippen LogP contribution is -2.23. The Hall–Kier alpha value is -1.14. The predicted molar refractivity (Wildman–Crippen MR) is 84.4 cm³/mol. The van der Waals surface area contributed by atoms with E-state index < -0.39 is 0 Å². The monoisotopic (exact) mass is 316 g/mol. The first-order valence-electron chi connectivity index (χ1n) is 7.04. The third-order valence-corrected chi connectivity index (χ3v) is 2.63. The van der Waals surface area contributed by atoms with Crippen molar-refractivity contribution in [1.29, 1.82) is 0 Å². The highest BCUT2D eigenvalue weighted by Gasteiger charge is 2.01. The normalized spacial score (nSPS) is 9.67. The zero-order chi connectivity index (χ0) is 15.8. The Bertz CT molecular complexity index is 350. The average molecular weight is 317 g/mol. The molecule has 5 nitrogen and oxygen atoms in total. The molecule has 0 fully saturated rings. The van der Waals surface area contributed by atoms with E-state index in [2.05, 4.69) is 21.6 Å². The fraction of sp³-hybridized carbons (Fsp3) is 0.533. The van der Waals surface area contributed by atoms with Crippen LogP contribution in [0.3, 0.4) is 0 Å². The van der Waals surface area contributed by atoms with E-state index in [0.29, 0.717) is 13.0 Å². The SMILES string of the molecule is COCl.NCCCCCCC(=O)NOCc1ccccc1. The lowest BCUT2D eigenvalue weighted by Gasteiger charge is -2.05. The quantitative estimate of drug-likeness (QED) is 0.542. The van der Waals surface area contributed by atoms with Crippen molar-refractivity contribution >= 4 is 17.8 Å². The summed E-state index contributed by atoms with van der Waals surface area (Å²) in [7, 11) is 1.39. The third-order valence-electron chi connectivity index (χ3n) is 2.63. The van der Waals surface area contributed by atoms with E-state index in [4.69, 9.17) is 10.6 Å². The lowest BCUT2D eigenvalue weighted by atomic mass is 10.1. The number of hydrogen-bond donors (Lipinski definition) is 2. The number of rotatable bonds is 9. The van der Waals surface area contributed by atoms with E-state index in [9.17, 15) is 4.79 Å². The molecule has 0 aliphatic carbocycles. The fourth-order valence-corrected chi connectivity index (χ4v) is 1.61. The van der Waals surface area contributed by atoms with Crippen molar-refractivity contribution in [1.82, 2.24) is 5.48 Å². The molecule has 120 valence electrons. The molecule has 0 aliphatic rings. The summed E-state index contributed by atoms with van der Waals surface area (Å²) in [6.45, 7) is 1.13. The number of nitrogens with two attached hydrogens (primary N) is 1. The molecule has 1 aromatic carbocycles. The summed E-state index contributed by atoms with van der Waals surface area (Å²) in [6, 6.07) is 9.75. The minimum absolute atomic E-state index is 0.0568. The number of unbranched alkanes of at least 4 members (excludes halogenated alkanes) is 3. The zero-order valence-corrected chi connectivity index (χ0v) is 13.3. The van der Waals surface area contributed by atoms with Crippen LogP contribution in [0.1, 0.15) is 37.7 Å². The molecule has 1 amide bonds. The van der Waals surface area contributed by atoms with Crippen molar-refractivity contribution in [3.63, 3.8) is 0 Å². The van der Waals surface area contributed by atoms with E-state index in [1.165, 1.54) is 7.11 Å². The zero-order valence-electron chi connectivity index (χ0n) is 12.5. The maximum Gasteiger partial charge on any atom is 0.243 e. The van der Waals surface area contributed by atoms with Crippen LogP contribution in [-0.2, 0) is 20.5 Å². The van der Waals surface area contributed by atoms with Gasteiger partial charge in [0, 0.05) is 6.42 Å². The van der Waals surface area contributed by atoms with Gasteiger partial charge in [-0.3, -0.25) is 13.9 Å². The number of hydroxylamine groups is 1. The van der Waals surface area contributed by atoms with Crippen LogP contribution >= 0.6 is 11.9 Å². The van der Waals surface area contributed by atoms with Crippen molar-refractivity contribution < 1.29 is 13.9 Å². The Kier molecular flexibility index (Phi) is 14.4. The van der Waals surface area contributed by atoms with Crippen LogP contribution in [0.4, 0.5) is 0 Å². The van der Waals surface area contributed by atoms with Crippen LogP contribution in [0.2, 0.25) is 0 Å². The van der Waals surface area contributed by atoms with Gasteiger partial charge >= 0.3 is 0 Å². The standard InChI is InChI=1S/C14H22N2O2.CH3ClO/c15-11-7-2-1-6-10-14(17)16-18-12-13-8-4-3-5-9-13;1-3-2/h3-5,8-9H,1-2,6-7,10-12,15H2,(H,16,17);1H3.